The van der Waals surface area contributed by atoms with E-state index in [1.165, 1.54) is 0 Å². The number of hydrogen-bond donors (Lipinski definition) is 2. The van der Waals surface area contributed by atoms with Crippen LogP contribution >= 0.6 is 0 Å². The average Bonchev–Trinajstić information content (AvgIpc) is 2.71. The van der Waals surface area contributed by atoms with E-state index in [9.17, 15) is 14.9 Å². The molecule has 0 heterocycles. The normalized spacial score (nSPS) is 14.3. The number of allylic oxidation sites excluding steroid dienone is 7. The summed E-state index contributed by atoms with van der Waals surface area (Å²) in [5.41, 5.74) is 0. The minimum absolute atomic E-state index is 0.0873. The van der Waals surface area contributed by atoms with Gasteiger partial charge in [0.25, 0.3) is 0 Å². The number of carbonyl (C=O) groups is 1. The molecule has 0 saturated heterocycles. The van der Waals surface area contributed by atoms with Crippen LogP contribution in [0, 0.1) is 10.1 Å². The lowest BCUT2D eigenvalue weighted by Crippen LogP contribution is -2.20. The molecule has 7 nitrogen and oxygen atoms in total. The summed E-state index contributed by atoms with van der Waals surface area (Å²) in [5.74, 6) is -0.995. The van der Waals surface area contributed by atoms with Crippen molar-refractivity contribution in [1.29, 1.82) is 0 Å². The Morgan fingerprint density at radius 3 is 2.33 bits per heavy atom. The van der Waals surface area contributed by atoms with Gasteiger partial charge in [0.2, 0.25) is 6.04 Å². The number of nitrogens with zero attached hydrogens (tertiary/aromatic N) is 1. The highest BCUT2D eigenvalue weighted by Gasteiger charge is 2.20. The van der Waals surface area contributed by atoms with Gasteiger partial charge in [0.1, 0.15) is 6.10 Å². The van der Waals surface area contributed by atoms with Crippen LogP contribution in [0.2, 0.25) is 0 Å². The highest BCUT2D eigenvalue weighted by molar-refractivity contribution is 5.66. The van der Waals surface area contributed by atoms with Crippen LogP contribution in [0.15, 0.2) is 48.6 Å². The van der Waals surface area contributed by atoms with Crippen LogP contribution in [0.1, 0.15) is 77.6 Å². The fraction of sp³-hybridized carbons (Fsp3) is 0.609. The second-order valence-electron chi connectivity index (χ2n) is 7.17. The van der Waals surface area contributed by atoms with Crippen molar-refractivity contribution in [3.63, 3.8) is 0 Å². The SMILES string of the molecule is CCCCC[C@@H](C=CC=CCC=CCC=CCCCC(CCC(=O)O)[N+](=O)[O-])OO. The lowest BCUT2D eigenvalue weighted by Gasteiger charge is -2.07. The summed E-state index contributed by atoms with van der Waals surface area (Å²) in [7, 11) is 0. The Kier molecular flexibility index (Phi) is 18.5. The zero-order valence-electron chi connectivity index (χ0n) is 18.0. The predicted molar refractivity (Wildman–Crippen MR) is 119 cm³/mol. The summed E-state index contributed by atoms with van der Waals surface area (Å²) < 4.78 is 0. The average molecular weight is 424 g/mol. The molecule has 0 aromatic rings. The van der Waals surface area contributed by atoms with Gasteiger partial charge >= 0.3 is 5.97 Å². The van der Waals surface area contributed by atoms with E-state index in [-0.39, 0.29) is 23.9 Å². The van der Waals surface area contributed by atoms with E-state index in [0.29, 0.717) is 12.8 Å². The third kappa shape index (κ3) is 17.8. The van der Waals surface area contributed by atoms with Crippen LogP contribution in [-0.4, -0.2) is 33.4 Å². The van der Waals surface area contributed by atoms with Gasteiger partial charge in [-0.3, -0.25) is 20.2 Å². The summed E-state index contributed by atoms with van der Waals surface area (Å²) in [6.07, 6.45) is 23.1. The first-order chi connectivity index (χ1) is 14.5. The van der Waals surface area contributed by atoms with Gasteiger partial charge in [-0.25, -0.2) is 4.89 Å². The highest BCUT2D eigenvalue weighted by Crippen LogP contribution is 2.11. The fourth-order valence-electron chi connectivity index (χ4n) is 2.81. The molecule has 0 aliphatic carbocycles. The molecular formula is C23H37NO6. The Morgan fingerprint density at radius 1 is 1.00 bits per heavy atom. The molecular weight excluding hydrogens is 386 g/mol. The van der Waals surface area contributed by atoms with Crippen molar-refractivity contribution >= 4 is 5.97 Å². The maximum Gasteiger partial charge on any atom is 0.303 e. The Bertz CT molecular complexity index is 568. The molecule has 0 saturated carbocycles. The topological polar surface area (TPSA) is 110 Å². The standard InChI is InChI=1S/C23H37NO6/c1-2-3-13-17-22(30-29)18-15-12-10-8-6-4-5-7-9-11-14-16-21(24(27)28)19-20-23(25)26/h4,6-7,9-10,12,15,18,21-22,29H,2-3,5,8,11,13-14,16-17,19-20H2,1H3,(H,25,26)/t21?,22-/m0/s1. The van der Waals surface area contributed by atoms with Gasteiger partial charge in [-0.15, -0.1) is 0 Å². The molecule has 1 unspecified atom stereocenters. The summed E-state index contributed by atoms with van der Waals surface area (Å²) in [6, 6.07) is -0.772. The fourth-order valence-corrected chi connectivity index (χ4v) is 2.81. The van der Waals surface area contributed by atoms with Gasteiger partial charge in [0, 0.05) is 17.8 Å². The molecule has 2 atom stereocenters. The highest BCUT2D eigenvalue weighted by atomic mass is 17.1. The molecule has 0 fully saturated rings. The number of carboxylic acids is 1. The molecule has 0 aromatic carbocycles. The van der Waals surface area contributed by atoms with Crippen molar-refractivity contribution in [3.8, 4) is 0 Å². The molecule has 0 aromatic heterocycles. The molecule has 0 aliphatic heterocycles. The molecule has 0 amide bonds. The number of hydrogen-bond acceptors (Lipinski definition) is 5. The molecule has 7 heteroatoms. The van der Waals surface area contributed by atoms with Gasteiger partial charge in [-0.05, 0) is 32.1 Å². The van der Waals surface area contributed by atoms with Crippen molar-refractivity contribution < 1.29 is 25.0 Å². The van der Waals surface area contributed by atoms with Crippen molar-refractivity contribution in [2.45, 2.75) is 89.7 Å². The third-order valence-corrected chi connectivity index (χ3v) is 4.58. The van der Waals surface area contributed by atoms with Crippen LogP contribution in [0.25, 0.3) is 0 Å². The number of carboxylic acid groups (broad SMARTS) is 1. The second kappa shape index (κ2) is 20.0. The monoisotopic (exact) mass is 423 g/mol. The number of aliphatic carboxylic acids is 1. The third-order valence-electron chi connectivity index (χ3n) is 4.58. The van der Waals surface area contributed by atoms with Crippen molar-refractivity contribution in [2.24, 2.45) is 0 Å². The van der Waals surface area contributed by atoms with Gasteiger partial charge in [-0.1, -0.05) is 74.8 Å². The van der Waals surface area contributed by atoms with Gasteiger partial charge in [0.05, 0.1) is 6.42 Å². The van der Waals surface area contributed by atoms with Gasteiger partial charge in [0.15, 0.2) is 0 Å². The quantitative estimate of drug-likeness (QED) is 0.0647. The molecule has 0 radical (unpaired) electrons. The Labute approximate surface area is 179 Å². The lowest BCUT2D eigenvalue weighted by molar-refractivity contribution is -0.524. The van der Waals surface area contributed by atoms with Crippen LogP contribution < -0.4 is 0 Å². The van der Waals surface area contributed by atoms with E-state index < -0.39 is 12.0 Å². The van der Waals surface area contributed by atoms with E-state index in [2.05, 4.69) is 24.0 Å². The largest absolute Gasteiger partial charge is 0.481 e. The van der Waals surface area contributed by atoms with Crippen molar-refractivity contribution in [1.82, 2.24) is 0 Å². The van der Waals surface area contributed by atoms with Crippen LogP contribution in [0.3, 0.4) is 0 Å². The number of nitro groups is 1. The predicted octanol–water partition coefficient (Wildman–Crippen LogP) is 6.11. The van der Waals surface area contributed by atoms with Crippen LogP contribution in [0.4, 0.5) is 0 Å². The number of unbranched alkanes of at least 4 members (excludes halogenated alkanes) is 3. The summed E-state index contributed by atoms with van der Waals surface area (Å²) in [5, 5.41) is 28.4. The van der Waals surface area contributed by atoms with Gasteiger partial charge in [-0.2, -0.15) is 0 Å². The molecule has 0 rings (SSSR count). The molecule has 170 valence electrons. The second-order valence-corrected chi connectivity index (χ2v) is 7.17. The number of rotatable bonds is 19. The van der Waals surface area contributed by atoms with Gasteiger partial charge < -0.3 is 5.11 Å². The minimum atomic E-state index is -0.995. The smallest absolute Gasteiger partial charge is 0.303 e. The summed E-state index contributed by atoms with van der Waals surface area (Å²) in [4.78, 5) is 25.5. The van der Waals surface area contributed by atoms with Crippen LogP contribution in [0.5, 0.6) is 0 Å². The van der Waals surface area contributed by atoms with E-state index >= 15 is 0 Å². The first kappa shape index (κ1) is 27.8. The van der Waals surface area contributed by atoms with Crippen molar-refractivity contribution in [3.05, 3.63) is 58.7 Å². The molecule has 30 heavy (non-hydrogen) atoms. The lowest BCUT2D eigenvalue weighted by atomic mass is 10.0. The Balaban J connectivity index is 3.87. The van der Waals surface area contributed by atoms with E-state index in [0.717, 1.165) is 44.9 Å². The zero-order valence-corrected chi connectivity index (χ0v) is 18.0. The molecule has 2 N–H and O–H groups in total. The van der Waals surface area contributed by atoms with E-state index in [4.69, 9.17) is 10.4 Å². The zero-order chi connectivity index (χ0) is 22.5. The first-order valence-corrected chi connectivity index (χ1v) is 10.8. The van der Waals surface area contributed by atoms with E-state index in [1.54, 1.807) is 0 Å². The molecule has 0 spiro atoms. The van der Waals surface area contributed by atoms with Crippen molar-refractivity contribution in [2.75, 3.05) is 0 Å². The Morgan fingerprint density at radius 2 is 1.70 bits per heavy atom. The maximum atomic E-state index is 10.9. The van der Waals surface area contributed by atoms with Crippen LogP contribution in [-0.2, 0) is 9.68 Å². The maximum absolute atomic E-state index is 10.9. The minimum Gasteiger partial charge on any atom is -0.481 e. The molecule has 0 aliphatic rings. The molecule has 0 bridgehead atoms. The Hall–Kier alpha value is -2.25. The first-order valence-electron chi connectivity index (χ1n) is 10.8. The summed E-state index contributed by atoms with van der Waals surface area (Å²) in [6.45, 7) is 2.14. The van der Waals surface area contributed by atoms with E-state index in [1.807, 2.05) is 36.5 Å². The summed E-state index contributed by atoms with van der Waals surface area (Å²) >= 11 is 0.